The molecule has 6 nitrogen and oxygen atoms in total. The first-order valence-corrected chi connectivity index (χ1v) is 11.8. The summed E-state index contributed by atoms with van der Waals surface area (Å²) in [7, 11) is -0.424. The van der Waals surface area contributed by atoms with Gasteiger partial charge in [-0.2, -0.15) is 0 Å². The van der Waals surface area contributed by atoms with Crippen LogP contribution < -0.4 is 16.6 Å². The number of hydrazine groups is 1. The van der Waals surface area contributed by atoms with Crippen LogP contribution in [-0.4, -0.2) is 36.7 Å². The minimum absolute atomic E-state index is 0.105. The molecule has 0 aromatic heterocycles. The molecule has 170 valence electrons. The Balaban J connectivity index is 1.46. The van der Waals surface area contributed by atoms with E-state index in [0.29, 0.717) is 29.6 Å². The molecule has 6 atom stereocenters. The van der Waals surface area contributed by atoms with Crippen molar-refractivity contribution < 1.29 is 14.1 Å². The second-order valence-electron chi connectivity index (χ2n) is 11.0. The first-order valence-electron chi connectivity index (χ1n) is 11.8. The lowest BCUT2D eigenvalue weighted by atomic mass is 9.43. The van der Waals surface area contributed by atoms with Crippen molar-refractivity contribution in [2.24, 2.45) is 29.0 Å². The number of nitrogens with one attached hydrogen (secondary N) is 2. The first kappa shape index (κ1) is 22.8. The highest BCUT2D eigenvalue weighted by Crippen LogP contribution is 2.65. The molecule has 3 aliphatic carbocycles. The number of hydrogen-bond donors (Lipinski definition) is 3. The van der Waals surface area contributed by atoms with Crippen LogP contribution in [0.15, 0.2) is 30.3 Å². The van der Waals surface area contributed by atoms with Gasteiger partial charge in [0.25, 0.3) is 0 Å². The summed E-state index contributed by atoms with van der Waals surface area (Å²) in [4.78, 5) is 13.1. The van der Waals surface area contributed by atoms with Gasteiger partial charge in [-0.1, -0.05) is 58.0 Å². The molecule has 0 spiro atoms. The lowest BCUT2D eigenvalue weighted by Crippen LogP contribution is -2.65. The van der Waals surface area contributed by atoms with E-state index in [1.807, 2.05) is 30.3 Å². The molecule has 1 aromatic carbocycles. The van der Waals surface area contributed by atoms with Gasteiger partial charge in [0.05, 0.1) is 17.6 Å². The third-order valence-electron chi connectivity index (χ3n) is 8.15. The first-order chi connectivity index (χ1) is 14.6. The van der Waals surface area contributed by atoms with Crippen LogP contribution in [-0.2, 0) is 20.5 Å². The lowest BCUT2D eigenvalue weighted by Gasteiger charge is -2.64. The van der Waals surface area contributed by atoms with E-state index in [4.69, 9.17) is 15.2 Å². The largest absolute Gasteiger partial charge is 0.481 e. The predicted octanol–water partition coefficient (Wildman–Crippen LogP) is 2.86. The van der Waals surface area contributed by atoms with Gasteiger partial charge in [-0.25, -0.2) is 5.43 Å². The molecule has 2 bridgehead atoms. The van der Waals surface area contributed by atoms with Crippen LogP contribution in [0.5, 0.6) is 0 Å². The molecular weight excluding hydrogens is 389 g/mol. The quantitative estimate of drug-likeness (QED) is 0.338. The Labute approximate surface area is 187 Å². The van der Waals surface area contributed by atoms with Gasteiger partial charge in [-0.15, -0.1) is 0 Å². The van der Waals surface area contributed by atoms with Crippen LogP contribution in [0.2, 0.25) is 0 Å². The van der Waals surface area contributed by atoms with Gasteiger partial charge in [-0.05, 0) is 61.3 Å². The number of rotatable bonds is 8. The van der Waals surface area contributed by atoms with Crippen molar-refractivity contribution in [3.05, 3.63) is 35.9 Å². The summed E-state index contributed by atoms with van der Waals surface area (Å²) in [6, 6.07) is 9.41. The minimum atomic E-state index is -0.511. The van der Waals surface area contributed by atoms with Gasteiger partial charge in [0.2, 0.25) is 5.91 Å². The third-order valence-corrected chi connectivity index (χ3v) is 8.15. The highest BCUT2D eigenvalue weighted by molar-refractivity contribution is 6.47. The fourth-order valence-electron chi connectivity index (χ4n) is 6.18. The van der Waals surface area contributed by atoms with Crippen LogP contribution in [0, 0.1) is 23.2 Å². The number of hydrogen-bond acceptors (Lipinski definition) is 5. The Bertz CT molecular complexity index is 790. The molecule has 4 fully saturated rings. The Morgan fingerprint density at radius 2 is 1.94 bits per heavy atom. The van der Waals surface area contributed by atoms with Crippen LogP contribution in [0.3, 0.4) is 0 Å². The lowest BCUT2D eigenvalue weighted by molar-refractivity contribution is -0.199. The zero-order valence-corrected chi connectivity index (χ0v) is 19.6. The van der Waals surface area contributed by atoms with Crippen molar-refractivity contribution in [1.29, 1.82) is 0 Å². The zero-order valence-electron chi connectivity index (χ0n) is 19.6. The maximum atomic E-state index is 13.1. The van der Waals surface area contributed by atoms with E-state index < -0.39 is 13.2 Å². The van der Waals surface area contributed by atoms with Gasteiger partial charge in [-0.3, -0.25) is 10.6 Å². The Morgan fingerprint density at radius 1 is 1.23 bits per heavy atom. The average Bonchev–Trinajstić information content (AvgIpc) is 3.08. The fraction of sp³-hybridized carbons (Fsp3) is 0.708. The number of carbonyl (C=O) groups is 1. The maximum Gasteiger partial charge on any atom is 0.481 e. The van der Waals surface area contributed by atoms with E-state index in [2.05, 4.69) is 45.4 Å². The van der Waals surface area contributed by atoms with Gasteiger partial charge in [0.1, 0.15) is 6.04 Å². The molecule has 4 aliphatic rings. The van der Waals surface area contributed by atoms with Gasteiger partial charge < -0.3 is 14.6 Å². The molecule has 7 heteroatoms. The molecule has 0 unspecified atom stereocenters. The molecule has 0 radical (unpaired) electrons. The van der Waals surface area contributed by atoms with Crippen LogP contribution >= 0.6 is 0 Å². The molecule has 1 saturated heterocycles. The van der Waals surface area contributed by atoms with Crippen molar-refractivity contribution in [2.45, 2.75) is 84.0 Å². The summed E-state index contributed by atoms with van der Waals surface area (Å²) >= 11 is 0. The normalized spacial score (nSPS) is 32.9. The van der Waals surface area contributed by atoms with Crippen molar-refractivity contribution in [3.63, 3.8) is 0 Å². The zero-order chi connectivity index (χ0) is 22.4. The number of nitrogens with two attached hydrogens (primary N) is 1. The van der Waals surface area contributed by atoms with Crippen molar-refractivity contribution in [1.82, 2.24) is 10.7 Å². The Kier molecular flexibility index (Phi) is 6.25. The smallest absolute Gasteiger partial charge is 0.404 e. The van der Waals surface area contributed by atoms with E-state index in [-0.39, 0.29) is 23.6 Å². The molecule has 5 rings (SSSR count). The van der Waals surface area contributed by atoms with Crippen LogP contribution in [0.25, 0.3) is 0 Å². The molecular formula is C24H38BN3O3. The summed E-state index contributed by atoms with van der Waals surface area (Å²) < 4.78 is 13.1. The van der Waals surface area contributed by atoms with Crippen molar-refractivity contribution in [3.8, 4) is 0 Å². The highest BCUT2D eigenvalue weighted by Gasteiger charge is 2.68. The molecule has 1 aromatic rings. The van der Waals surface area contributed by atoms with E-state index in [0.717, 1.165) is 18.4 Å². The molecule has 1 amide bonds. The third kappa shape index (κ3) is 4.18. The number of amides is 1. The number of carbonyl (C=O) groups excluding carboxylic acids is 1. The summed E-state index contributed by atoms with van der Waals surface area (Å²) in [5.41, 5.74) is 3.77. The molecule has 4 N–H and O–H groups in total. The SMILES string of the molecule is CC(C)C[C@H](NC(=O)[C@H](Cc1ccccc1)NN)B1O[C@@H]2C[C@@H]3C[C@@H](C3(C)C)[C@]2(C)O1. The molecule has 1 heterocycles. The molecule has 1 aliphatic heterocycles. The highest BCUT2D eigenvalue weighted by atomic mass is 16.7. The molecule has 3 saturated carbocycles. The summed E-state index contributed by atoms with van der Waals surface area (Å²) in [6.07, 6.45) is 3.68. The average molecular weight is 427 g/mol. The standard InChI is InChI=1S/C24H38BN3O3/c1-15(2)11-21(27-22(29)18(28-26)12-16-9-7-6-8-10-16)25-30-20-14-17-13-19(23(17,3)4)24(20,5)31-25/h6-10,15,17-21,28H,11-14,26H2,1-5H3,(H,27,29)/t17-,18-,19-,20+,21-,24-/m0/s1. The summed E-state index contributed by atoms with van der Waals surface area (Å²) in [6.45, 7) is 11.3. The summed E-state index contributed by atoms with van der Waals surface area (Å²) in [5, 5.41) is 3.21. The van der Waals surface area contributed by atoms with Crippen LogP contribution in [0.4, 0.5) is 0 Å². The predicted molar refractivity (Wildman–Crippen MR) is 123 cm³/mol. The van der Waals surface area contributed by atoms with Gasteiger partial charge in [0, 0.05) is 0 Å². The monoisotopic (exact) mass is 427 g/mol. The summed E-state index contributed by atoms with van der Waals surface area (Å²) in [5.74, 6) is 7.03. The maximum absolute atomic E-state index is 13.1. The Morgan fingerprint density at radius 3 is 2.55 bits per heavy atom. The van der Waals surface area contributed by atoms with Gasteiger partial charge >= 0.3 is 7.12 Å². The fourth-order valence-corrected chi connectivity index (χ4v) is 6.18. The van der Waals surface area contributed by atoms with Crippen LogP contribution in [0.1, 0.15) is 59.4 Å². The van der Waals surface area contributed by atoms with Crippen molar-refractivity contribution >= 4 is 13.0 Å². The second kappa shape index (κ2) is 8.51. The number of benzene rings is 1. The van der Waals surface area contributed by atoms with Crippen molar-refractivity contribution in [2.75, 3.05) is 0 Å². The van der Waals surface area contributed by atoms with E-state index in [1.54, 1.807) is 0 Å². The minimum Gasteiger partial charge on any atom is -0.404 e. The van der Waals surface area contributed by atoms with E-state index in [1.165, 1.54) is 6.42 Å². The Hall–Kier alpha value is -1.41. The van der Waals surface area contributed by atoms with E-state index in [9.17, 15) is 4.79 Å². The topological polar surface area (TPSA) is 85.6 Å². The van der Waals surface area contributed by atoms with E-state index >= 15 is 0 Å². The molecule has 31 heavy (non-hydrogen) atoms. The second-order valence-corrected chi connectivity index (χ2v) is 11.0. The van der Waals surface area contributed by atoms with Gasteiger partial charge in [0.15, 0.2) is 0 Å².